The number of hydrogen-bond acceptors (Lipinski definition) is 3. The van der Waals surface area contributed by atoms with Crippen LogP contribution in [0.1, 0.15) is 45.8 Å². The van der Waals surface area contributed by atoms with Crippen LogP contribution in [0.4, 0.5) is 4.39 Å². The van der Waals surface area contributed by atoms with Gasteiger partial charge in [-0.05, 0) is 83.5 Å². The Morgan fingerprint density at radius 2 is 1.67 bits per heavy atom. The van der Waals surface area contributed by atoms with E-state index in [-0.39, 0.29) is 23.7 Å². The van der Waals surface area contributed by atoms with Crippen LogP contribution < -0.4 is 5.32 Å². The topological polar surface area (TPSA) is 54.9 Å². The SMILES string of the molecule is O=C(NC1CC1)c1cccc(-c2cc(F)ccc2CC(c2cccnc2)c2cccnc2)c1. The Labute approximate surface area is 192 Å². The molecule has 1 aliphatic carbocycles. The smallest absolute Gasteiger partial charge is 0.251 e. The van der Waals surface area contributed by atoms with Crippen molar-refractivity contribution in [2.45, 2.75) is 31.2 Å². The number of aromatic nitrogens is 2. The Kier molecular flexibility index (Phi) is 5.94. The van der Waals surface area contributed by atoms with Gasteiger partial charge in [0.25, 0.3) is 5.91 Å². The molecule has 0 bridgehead atoms. The highest BCUT2D eigenvalue weighted by Crippen LogP contribution is 2.33. The molecular weight excluding hydrogens is 413 g/mol. The largest absolute Gasteiger partial charge is 0.349 e. The van der Waals surface area contributed by atoms with Crippen molar-refractivity contribution in [3.63, 3.8) is 0 Å². The van der Waals surface area contributed by atoms with Gasteiger partial charge in [-0.1, -0.05) is 30.3 Å². The van der Waals surface area contributed by atoms with E-state index in [4.69, 9.17) is 0 Å². The number of benzene rings is 2. The predicted octanol–water partition coefficient (Wildman–Crippen LogP) is 5.55. The van der Waals surface area contributed by atoms with Crippen LogP contribution in [-0.4, -0.2) is 21.9 Å². The summed E-state index contributed by atoms with van der Waals surface area (Å²) in [6.07, 6.45) is 9.95. The molecule has 1 fully saturated rings. The maximum Gasteiger partial charge on any atom is 0.251 e. The summed E-state index contributed by atoms with van der Waals surface area (Å²) >= 11 is 0. The van der Waals surface area contributed by atoms with E-state index in [9.17, 15) is 9.18 Å². The lowest BCUT2D eigenvalue weighted by Gasteiger charge is -2.20. The van der Waals surface area contributed by atoms with Gasteiger partial charge >= 0.3 is 0 Å². The van der Waals surface area contributed by atoms with Gasteiger partial charge in [-0.2, -0.15) is 0 Å². The minimum Gasteiger partial charge on any atom is -0.349 e. The third-order valence-electron chi connectivity index (χ3n) is 6.02. The molecule has 1 amide bonds. The van der Waals surface area contributed by atoms with Gasteiger partial charge in [0, 0.05) is 42.3 Å². The van der Waals surface area contributed by atoms with Crippen LogP contribution in [0.15, 0.2) is 91.5 Å². The molecule has 5 heteroatoms. The Hall–Kier alpha value is -3.86. The fourth-order valence-electron chi connectivity index (χ4n) is 4.13. The van der Waals surface area contributed by atoms with Gasteiger partial charge in [0.1, 0.15) is 5.82 Å². The lowest BCUT2D eigenvalue weighted by Crippen LogP contribution is -2.25. The fraction of sp³-hybridized carbons (Fsp3) is 0.179. The molecule has 1 N–H and O–H groups in total. The molecule has 2 heterocycles. The summed E-state index contributed by atoms with van der Waals surface area (Å²) < 4.78 is 14.4. The molecule has 5 rings (SSSR count). The van der Waals surface area contributed by atoms with E-state index in [0.29, 0.717) is 12.0 Å². The number of rotatable bonds is 7. The summed E-state index contributed by atoms with van der Waals surface area (Å²) in [5, 5.41) is 3.02. The van der Waals surface area contributed by atoms with Crippen molar-refractivity contribution in [3.05, 3.63) is 120 Å². The minimum absolute atomic E-state index is 0.0120. The predicted molar refractivity (Wildman–Crippen MR) is 126 cm³/mol. The maximum absolute atomic E-state index is 14.4. The zero-order valence-electron chi connectivity index (χ0n) is 18.1. The monoisotopic (exact) mass is 437 g/mol. The van der Waals surface area contributed by atoms with Crippen LogP contribution in [0.3, 0.4) is 0 Å². The van der Waals surface area contributed by atoms with Crippen LogP contribution >= 0.6 is 0 Å². The number of carbonyl (C=O) groups is 1. The molecule has 0 aliphatic heterocycles. The highest BCUT2D eigenvalue weighted by Gasteiger charge is 2.24. The lowest BCUT2D eigenvalue weighted by molar-refractivity contribution is 0.0951. The lowest BCUT2D eigenvalue weighted by atomic mass is 9.85. The minimum atomic E-state index is -0.305. The van der Waals surface area contributed by atoms with E-state index in [0.717, 1.165) is 40.7 Å². The molecule has 0 unspecified atom stereocenters. The van der Waals surface area contributed by atoms with Crippen molar-refractivity contribution in [1.29, 1.82) is 0 Å². The zero-order valence-corrected chi connectivity index (χ0v) is 18.1. The molecule has 1 aliphatic rings. The summed E-state index contributed by atoms with van der Waals surface area (Å²) in [6, 6.07) is 20.5. The normalized spacial score (nSPS) is 13.2. The molecule has 0 spiro atoms. The quantitative estimate of drug-likeness (QED) is 0.412. The molecule has 33 heavy (non-hydrogen) atoms. The Balaban J connectivity index is 1.52. The molecule has 0 atom stereocenters. The molecule has 1 saturated carbocycles. The van der Waals surface area contributed by atoms with E-state index < -0.39 is 0 Å². The highest BCUT2D eigenvalue weighted by atomic mass is 19.1. The number of halogens is 1. The van der Waals surface area contributed by atoms with Crippen LogP contribution in [-0.2, 0) is 6.42 Å². The van der Waals surface area contributed by atoms with Crippen molar-refractivity contribution in [2.24, 2.45) is 0 Å². The molecule has 4 aromatic rings. The number of amides is 1. The number of hydrogen-bond donors (Lipinski definition) is 1. The van der Waals surface area contributed by atoms with E-state index >= 15 is 0 Å². The van der Waals surface area contributed by atoms with Crippen LogP contribution in [0.2, 0.25) is 0 Å². The maximum atomic E-state index is 14.4. The summed E-state index contributed by atoms with van der Waals surface area (Å²) in [5.41, 5.74) is 5.33. The van der Waals surface area contributed by atoms with Crippen molar-refractivity contribution >= 4 is 5.91 Å². The third kappa shape index (κ3) is 4.98. The van der Waals surface area contributed by atoms with Gasteiger partial charge in [-0.25, -0.2) is 4.39 Å². The summed E-state index contributed by atoms with van der Waals surface area (Å²) in [4.78, 5) is 21.2. The standard InChI is InChI=1S/C28H24FN3O/c29-24-9-8-20(15-26(22-6-2-12-30-17-22)23-7-3-13-31-18-23)27(16-24)19-4-1-5-21(14-19)28(33)32-25-10-11-25/h1-9,12-14,16-18,25-26H,10-11,15H2,(H,32,33). The van der Waals surface area contributed by atoms with E-state index in [1.54, 1.807) is 24.5 Å². The number of pyridine rings is 2. The Morgan fingerprint density at radius 1 is 0.939 bits per heavy atom. The molecule has 2 aromatic heterocycles. The average Bonchev–Trinajstić information content (AvgIpc) is 3.68. The van der Waals surface area contributed by atoms with Gasteiger partial charge in [0.2, 0.25) is 0 Å². The zero-order chi connectivity index (χ0) is 22.6. The van der Waals surface area contributed by atoms with Crippen molar-refractivity contribution in [2.75, 3.05) is 0 Å². The summed E-state index contributed by atoms with van der Waals surface area (Å²) in [5.74, 6) is -0.375. The van der Waals surface area contributed by atoms with Gasteiger partial charge in [-0.3, -0.25) is 14.8 Å². The first-order chi connectivity index (χ1) is 16.2. The van der Waals surface area contributed by atoms with Gasteiger partial charge in [0.05, 0.1) is 0 Å². The molecule has 2 aromatic carbocycles. The average molecular weight is 438 g/mol. The second-order valence-corrected chi connectivity index (χ2v) is 8.46. The van der Waals surface area contributed by atoms with E-state index in [1.807, 2.05) is 48.8 Å². The number of nitrogens with zero attached hydrogens (tertiary/aromatic N) is 2. The Bertz CT molecular complexity index is 1220. The molecular formula is C28H24FN3O. The molecule has 4 nitrogen and oxygen atoms in total. The van der Waals surface area contributed by atoms with Crippen molar-refractivity contribution in [1.82, 2.24) is 15.3 Å². The first-order valence-electron chi connectivity index (χ1n) is 11.2. The molecule has 0 radical (unpaired) electrons. The summed E-state index contributed by atoms with van der Waals surface area (Å²) in [7, 11) is 0. The first kappa shape index (κ1) is 21.0. The van der Waals surface area contributed by atoms with E-state index in [2.05, 4.69) is 27.4 Å². The van der Waals surface area contributed by atoms with Crippen molar-refractivity contribution in [3.8, 4) is 11.1 Å². The van der Waals surface area contributed by atoms with Gasteiger partial charge < -0.3 is 5.32 Å². The number of carbonyl (C=O) groups excluding carboxylic acids is 1. The van der Waals surface area contributed by atoms with E-state index in [1.165, 1.54) is 6.07 Å². The first-order valence-corrected chi connectivity index (χ1v) is 11.2. The second-order valence-electron chi connectivity index (χ2n) is 8.46. The summed E-state index contributed by atoms with van der Waals surface area (Å²) in [6.45, 7) is 0. The number of nitrogens with one attached hydrogen (secondary N) is 1. The molecule has 164 valence electrons. The van der Waals surface area contributed by atoms with Crippen LogP contribution in [0.25, 0.3) is 11.1 Å². The van der Waals surface area contributed by atoms with Gasteiger partial charge in [-0.15, -0.1) is 0 Å². The Morgan fingerprint density at radius 3 is 2.30 bits per heavy atom. The molecule has 0 saturated heterocycles. The highest BCUT2D eigenvalue weighted by molar-refractivity contribution is 5.96. The third-order valence-corrected chi connectivity index (χ3v) is 6.02. The van der Waals surface area contributed by atoms with Gasteiger partial charge in [0.15, 0.2) is 0 Å². The fourth-order valence-corrected chi connectivity index (χ4v) is 4.13. The van der Waals surface area contributed by atoms with Crippen LogP contribution in [0, 0.1) is 5.82 Å². The van der Waals surface area contributed by atoms with Crippen molar-refractivity contribution < 1.29 is 9.18 Å². The van der Waals surface area contributed by atoms with Crippen LogP contribution in [0.5, 0.6) is 0 Å². The second kappa shape index (κ2) is 9.33.